The smallest absolute Gasteiger partial charge is 0.220 e. The van der Waals surface area contributed by atoms with Crippen LogP contribution in [0.4, 0.5) is 0 Å². The Morgan fingerprint density at radius 3 is 2.84 bits per heavy atom. The van der Waals surface area contributed by atoms with Crippen LogP contribution in [0.15, 0.2) is 54.9 Å². The fourth-order valence-corrected chi connectivity index (χ4v) is 4.10. The molecule has 1 aliphatic heterocycles. The molecule has 0 fully saturated rings. The zero-order valence-corrected chi connectivity index (χ0v) is 18.8. The summed E-state index contributed by atoms with van der Waals surface area (Å²) in [6.07, 6.45) is 5.07. The van der Waals surface area contributed by atoms with Crippen molar-refractivity contribution in [1.29, 1.82) is 0 Å². The number of aromatic nitrogens is 1. The number of aryl methyl sites for hydroxylation is 1. The number of rotatable bonds is 8. The molecule has 1 aliphatic rings. The zero-order chi connectivity index (χ0) is 22.5. The lowest BCUT2D eigenvalue weighted by molar-refractivity contribution is -0.121. The molecule has 166 valence electrons. The number of ether oxygens (including phenoxy) is 3. The molecule has 1 aromatic heterocycles. The average molecular weight is 453 g/mol. The number of halogens is 1. The molecule has 1 atom stereocenters. The largest absolute Gasteiger partial charge is 0.497 e. The van der Waals surface area contributed by atoms with Crippen molar-refractivity contribution < 1.29 is 19.0 Å². The van der Waals surface area contributed by atoms with Crippen molar-refractivity contribution in [2.24, 2.45) is 0 Å². The quantitative estimate of drug-likeness (QED) is 0.546. The van der Waals surface area contributed by atoms with Crippen LogP contribution in [-0.4, -0.2) is 37.8 Å². The van der Waals surface area contributed by atoms with Gasteiger partial charge in [0.2, 0.25) is 5.91 Å². The van der Waals surface area contributed by atoms with Crippen molar-refractivity contribution in [3.63, 3.8) is 0 Å². The topological polar surface area (TPSA) is 69.7 Å². The standard InChI is InChI=1S/C25H25ClN2O4/c1-30-19-6-7-23(31-2)21(13-19)17-10-18-11-20(32-25(18)22(26)12-17)15-28-24(29)8-5-16-4-3-9-27-14-16/h3-4,6-7,9-10,12-14,20H,5,8,11,15H2,1-2H3,(H,28,29)/t20-/m0/s1. The Labute approximate surface area is 192 Å². The summed E-state index contributed by atoms with van der Waals surface area (Å²) in [6.45, 7) is 0.425. The predicted molar refractivity (Wildman–Crippen MR) is 124 cm³/mol. The second-order valence-electron chi connectivity index (χ2n) is 7.62. The van der Waals surface area contributed by atoms with Crippen LogP contribution in [0.25, 0.3) is 11.1 Å². The number of carbonyl (C=O) groups is 1. The SMILES string of the molecule is COc1ccc(OC)c(-c2cc(Cl)c3c(c2)C[C@@H](CNC(=O)CCc2cccnc2)O3)c1. The van der Waals surface area contributed by atoms with E-state index in [9.17, 15) is 4.79 Å². The third-order valence-electron chi connectivity index (χ3n) is 5.46. The van der Waals surface area contributed by atoms with Gasteiger partial charge in [-0.05, 0) is 53.9 Å². The van der Waals surface area contributed by atoms with E-state index in [1.54, 1.807) is 26.6 Å². The molecule has 0 radical (unpaired) electrons. The Morgan fingerprint density at radius 1 is 1.22 bits per heavy atom. The van der Waals surface area contributed by atoms with Gasteiger partial charge in [0.05, 0.1) is 25.8 Å². The van der Waals surface area contributed by atoms with E-state index in [0.717, 1.165) is 33.8 Å². The Bertz CT molecular complexity index is 1100. The van der Waals surface area contributed by atoms with E-state index in [0.29, 0.717) is 36.6 Å². The van der Waals surface area contributed by atoms with Gasteiger partial charge in [-0.1, -0.05) is 17.7 Å². The van der Waals surface area contributed by atoms with Crippen molar-refractivity contribution in [3.05, 3.63) is 71.0 Å². The van der Waals surface area contributed by atoms with Crippen LogP contribution < -0.4 is 19.5 Å². The van der Waals surface area contributed by atoms with Gasteiger partial charge in [0.25, 0.3) is 0 Å². The summed E-state index contributed by atoms with van der Waals surface area (Å²) < 4.78 is 16.9. The average Bonchev–Trinajstić information content (AvgIpc) is 3.25. The molecular formula is C25H25ClN2O4. The lowest BCUT2D eigenvalue weighted by Crippen LogP contribution is -2.34. The molecule has 6 nitrogen and oxygen atoms in total. The minimum Gasteiger partial charge on any atom is -0.497 e. The fraction of sp³-hybridized carbons (Fsp3) is 0.280. The number of methoxy groups -OCH3 is 2. The van der Waals surface area contributed by atoms with E-state index in [1.165, 1.54) is 0 Å². The Kier molecular flexibility index (Phi) is 6.81. The van der Waals surface area contributed by atoms with Crippen molar-refractivity contribution >= 4 is 17.5 Å². The lowest BCUT2D eigenvalue weighted by atomic mass is 9.99. The van der Waals surface area contributed by atoms with Gasteiger partial charge in [0.15, 0.2) is 0 Å². The maximum atomic E-state index is 12.2. The normalized spacial score (nSPS) is 14.4. The summed E-state index contributed by atoms with van der Waals surface area (Å²) in [7, 11) is 3.27. The number of nitrogens with zero attached hydrogens (tertiary/aromatic N) is 1. The van der Waals surface area contributed by atoms with Crippen LogP contribution in [0.5, 0.6) is 17.2 Å². The van der Waals surface area contributed by atoms with Crippen molar-refractivity contribution in [2.75, 3.05) is 20.8 Å². The monoisotopic (exact) mass is 452 g/mol. The van der Waals surface area contributed by atoms with Gasteiger partial charge in [-0.25, -0.2) is 0 Å². The van der Waals surface area contributed by atoms with Crippen LogP contribution in [0.2, 0.25) is 5.02 Å². The zero-order valence-electron chi connectivity index (χ0n) is 18.1. The summed E-state index contributed by atoms with van der Waals surface area (Å²) >= 11 is 6.55. The van der Waals surface area contributed by atoms with Crippen LogP contribution in [0.1, 0.15) is 17.5 Å². The molecule has 0 unspecified atom stereocenters. The Hall–Kier alpha value is -3.25. The molecule has 1 amide bonds. The van der Waals surface area contributed by atoms with E-state index < -0.39 is 0 Å². The van der Waals surface area contributed by atoms with Crippen LogP contribution in [0.3, 0.4) is 0 Å². The highest BCUT2D eigenvalue weighted by atomic mass is 35.5. The molecule has 0 saturated heterocycles. The number of fused-ring (bicyclic) bond motifs is 1. The first-order valence-electron chi connectivity index (χ1n) is 10.4. The molecule has 7 heteroatoms. The number of pyridine rings is 1. The molecule has 0 bridgehead atoms. The van der Waals surface area contributed by atoms with E-state index >= 15 is 0 Å². The maximum Gasteiger partial charge on any atom is 0.220 e. The summed E-state index contributed by atoms with van der Waals surface area (Å²) in [5, 5.41) is 3.50. The number of carbonyl (C=O) groups excluding carboxylic acids is 1. The van der Waals surface area contributed by atoms with Gasteiger partial charge in [-0.3, -0.25) is 9.78 Å². The molecule has 0 saturated carbocycles. The summed E-state index contributed by atoms with van der Waals surface area (Å²) in [5.41, 5.74) is 3.87. The molecule has 2 aromatic carbocycles. The van der Waals surface area contributed by atoms with Crippen LogP contribution in [0, 0.1) is 0 Å². The Balaban J connectivity index is 1.41. The number of amides is 1. The first-order valence-corrected chi connectivity index (χ1v) is 10.8. The molecule has 32 heavy (non-hydrogen) atoms. The van der Waals surface area contributed by atoms with Gasteiger partial charge < -0.3 is 19.5 Å². The summed E-state index contributed by atoms with van der Waals surface area (Å²) in [5.74, 6) is 2.13. The van der Waals surface area contributed by atoms with Gasteiger partial charge >= 0.3 is 0 Å². The predicted octanol–water partition coefficient (Wildman–Crippen LogP) is 4.47. The van der Waals surface area contributed by atoms with Crippen LogP contribution >= 0.6 is 11.6 Å². The van der Waals surface area contributed by atoms with E-state index in [-0.39, 0.29) is 12.0 Å². The molecular weight excluding hydrogens is 428 g/mol. The molecule has 0 aliphatic carbocycles. The molecule has 1 N–H and O–H groups in total. The maximum absolute atomic E-state index is 12.2. The first-order chi connectivity index (χ1) is 15.6. The van der Waals surface area contributed by atoms with Gasteiger partial charge in [0, 0.05) is 36.4 Å². The highest BCUT2D eigenvalue weighted by molar-refractivity contribution is 6.32. The van der Waals surface area contributed by atoms with Crippen molar-refractivity contribution in [1.82, 2.24) is 10.3 Å². The van der Waals surface area contributed by atoms with E-state index in [4.69, 9.17) is 25.8 Å². The minimum atomic E-state index is -0.160. The second-order valence-corrected chi connectivity index (χ2v) is 8.03. The van der Waals surface area contributed by atoms with E-state index in [1.807, 2.05) is 36.4 Å². The third kappa shape index (κ3) is 4.97. The van der Waals surface area contributed by atoms with Crippen LogP contribution in [-0.2, 0) is 17.6 Å². The second kappa shape index (κ2) is 9.92. The highest BCUT2D eigenvalue weighted by Crippen LogP contribution is 2.42. The highest BCUT2D eigenvalue weighted by Gasteiger charge is 2.27. The third-order valence-corrected chi connectivity index (χ3v) is 5.74. The fourth-order valence-electron chi connectivity index (χ4n) is 3.82. The van der Waals surface area contributed by atoms with E-state index in [2.05, 4.69) is 16.4 Å². The molecule has 0 spiro atoms. The number of hydrogen-bond donors (Lipinski definition) is 1. The molecule has 2 heterocycles. The van der Waals surface area contributed by atoms with Crippen molar-refractivity contribution in [3.8, 4) is 28.4 Å². The minimum absolute atomic E-state index is 0.0127. The first kappa shape index (κ1) is 22.0. The lowest BCUT2D eigenvalue weighted by Gasteiger charge is -2.13. The number of nitrogens with one attached hydrogen (secondary N) is 1. The number of benzene rings is 2. The van der Waals surface area contributed by atoms with Gasteiger partial charge in [-0.2, -0.15) is 0 Å². The van der Waals surface area contributed by atoms with Gasteiger partial charge in [-0.15, -0.1) is 0 Å². The Morgan fingerprint density at radius 2 is 2.09 bits per heavy atom. The van der Waals surface area contributed by atoms with Crippen molar-refractivity contribution in [2.45, 2.75) is 25.4 Å². The molecule has 4 rings (SSSR count). The number of hydrogen-bond acceptors (Lipinski definition) is 5. The summed E-state index contributed by atoms with van der Waals surface area (Å²) in [6, 6.07) is 13.4. The molecule has 3 aromatic rings. The van der Waals surface area contributed by atoms with Gasteiger partial charge in [0.1, 0.15) is 23.4 Å². The summed E-state index contributed by atoms with van der Waals surface area (Å²) in [4.78, 5) is 16.3.